The topological polar surface area (TPSA) is 63.8 Å². The third-order valence-corrected chi connectivity index (χ3v) is 4.09. The van der Waals surface area contributed by atoms with Gasteiger partial charge in [0.05, 0.1) is 4.88 Å². The van der Waals surface area contributed by atoms with Crippen LogP contribution in [0.3, 0.4) is 0 Å². The number of nitrogens with zero attached hydrogens (tertiary/aromatic N) is 3. The Hall–Kier alpha value is -1.73. The maximum atomic E-state index is 5.46. The Bertz CT molecular complexity index is 629. The normalized spacial score (nSPS) is 10.7. The maximum absolute atomic E-state index is 5.46. The lowest BCUT2D eigenvalue weighted by molar-refractivity contribution is 0.580. The molecule has 18 heavy (non-hydrogen) atoms. The van der Waals surface area contributed by atoms with Crippen molar-refractivity contribution < 1.29 is 4.42 Å². The molecule has 92 valence electrons. The van der Waals surface area contributed by atoms with E-state index in [1.165, 1.54) is 0 Å². The second-order valence-electron chi connectivity index (χ2n) is 3.46. The van der Waals surface area contributed by atoms with Gasteiger partial charge < -0.3 is 9.73 Å². The Morgan fingerprint density at radius 1 is 1.33 bits per heavy atom. The fourth-order valence-corrected chi connectivity index (χ4v) is 3.04. The zero-order chi connectivity index (χ0) is 12.4. The van der Waals surface area contributed by atoms with Crippen LogP contribution >= 0.6 is 22.7 Å². The molecule has 0 aliphatic heterocycles. The summed E-state index contributed by atoms with van der Waals surface area (Å²) in [5.41, 5.74) is 0.722. The number of aromatic nitrogens is 3. The van der Waals surface area contributed by atoms with Gasteiger partial charge in [-0.1, -0.05) is 11.2 Å². The highest BCUT2D eigenvalue weighted by Crippen LogP contribution is 2.31. The van der Waals surface area contributed by atoms with Crippen LogP contribution in [-0.4, -0.2) is 21.7 Å². The molecule has 3 aromatic heterocycles. The lowest BCUT2D eigenvalue weighted by Crippen LogP contribution is -1.95. The maximum Gasteiger partial charge on any atom is 0.315 e. The lowest BCUT2D eigenvalue weighted by Gasteiger charge is -1.91. The number of anilines is 1. The van der Waals surface area contributed by atoms with Gasteiger partial charge in [0, 0.05) is 11.9 Å². The summed E-state index contributed by atoms with van der Waals surface area (Å²) in [4.78, 5) is 5.65. The van der Waals surface area contributed by atoms with Crippen molar-refractivity contribution in [3.63, 3.8) is 0 Å². The molecule has 3 heterocycles. The van der Waals surface area contributed by atoms with Gasteiger partial charge in [-0.25, -0.2) is 4.98 Å². The van der Waals surface area contributed by atoms with Crippen LogP contribution < -0.4 is 5.32 Å². The average molecular weight is 278 g/mol. The molecule has 7 heteroatoms. The summed E-state index contributed by atoms with van der Waals surface area (Å²) in [5.74, 6) is 0.449. The number of rotatable bonds is 4. The van der Waals surface area contributed by atoms with E-state index in [-0.39, 0.29) is 0 Å². The van der Waals surface area contributed by atoms with Crippen molar-refractivity contribution in [3.8, 4) is 21.5 Å². The second kappa shape index (κ2) is 4.87. The van der Waals surface area contributed by atoms with Gasteiger partial charge in [0.25, 0.3) is 5.89 Å². The highest BCUT2D eigenvalue weighted by Gasteiger charge is 2.13. The Balaban J connectivity index is 1.88. The van der Waals surface area contributed by atoms with E-state index in [0.717, 1.165) is 22.1 Å². The predicted molar refractivity (Wildman–Crippen MR) is 72.9 cm³/mol. The SMILES string of the molecule is CCNc1nnc(-c2csc(-c3cccs3)n2)o1. The third kappa shape index (κ3) is 2.14. The number of nitrogens with one attached hydrogen (secondary N) is 1. The molecule has 0 amide bonds. The van der Waals surface area contributed by atoms with Gasteiger partial charge >= 0.3 is 6.01 Å². The van der Waals surface area contributed by atoms with Crippen LogP contribution in [0.1, 0.15) is 6.92 Å². The van der Waals surface area contributed by atoms with E-state index in [1.54, 1.807) is 22.7 Å². The highest BCUT2D eigenvalue weighted by molar-refractivity contribution is 7.20. The van der Waals surface area contributed by atoms with Crippen LogP contribution in [-0.2, 0) is 0 Å². The molecule has 0 spiro atoms. The van der Waals surface area contributed by atoms with Gasteiger partial charge in [-0.2, -0.15) is 0 Å². The summed E-state index contributed by atoms with van der Waals surface area (Å²) >= 11 is 3.24. The molecule has 0 aliphatic rings. The Kier molecular flexibility index (Phi) is 3.07. The standard InChI is InChI=1S/C11H10N4OS2/c1-2-12-11-15-14-9(16-11)7-6-18-10(13-7)8-4-3-5-17-8/h3-6H,2H2,1H3,(H,12,15). The first kappa shape index (κ1) is 11.4. The van der Waals surface area contributed by atoms with Crippen LogP contribution in [0, 0.1) is 0 Å². The van der Waals surface area contributed by atoms with Gasteiger partial charge in [0.1, 0.15) is 10.7 Å². The molecule has 1 N–H and O–H groups in total. The number of thiophene rings is 1. The van der Waals surface area contributed by atoms with Crippen LogP contribution in [0.4, 0.5) is 6.01 Å². The molecule has 5 nitrogen and oxygen atoms in total. The monoisotopic (exact) mass is 278 g/mol. The fraction of sp³-hybridized carbons (Fsp3) is 0.182. The van der Waals surface area contributed by atoms with Crippen molar-refractivity contribution in [1.29, 1.82) is 0 Å². The van der Waals surface area contributed by atoms with Gasteiger partial charge in [0.2, 0.25) is 0 Å². The first-order valence-electron chi connectivity index (χ1n) is 5.44. The van der Waals surface area contributed by atoms with E-state index >= 15 is 0 Å². The quantitative estimate of drug-likeness (QED) is 0.792. The molecule has 0 aliphatic carbocycles. The molecule has 0 bridgehead atoms. The summed E-state index contributed by atoms with van der Waals surface area (Å²) in [7, 11) is 0. The minimum atomic E-state index is 0.429. The third-order valence-electron chi connectivity index (χ3n) is 2.21. The second-order valence-corrected chi connectivity index (χ2v) is 5.26. The zero-order valence-corrected chi connectivity index (χ0v) is 11.2. The minimum absolute atomic E-state index is 0.429. The molecular weight excluding hydrogens is 268 g/mol. The van der Waals surface area contributed by atoms with E-state index in [0.29, 0.717) is 11.9 Å². The smallest absolute Gasteiger partial charge is 0.315 e. The van der Waals surface area contributed by atoms with Gasteiger partial charge in [-0.3, -0.25) is 0 Å². The molecule has 3 rings (SSSR count). The first-order valence-corrected chi connectivity index (χ1v) is 7.20. The average Bonchev–Trinajstić information content (AvgIpc) is 3.10. The lowest BCUT2D eigenvalue weighted by atomic mass is 10.4. The largest absolute Gasteiger partial charge is 0.402 e. The van der Waals surface area contributed by atoms with Crippen LogP contribution in [0.25, 0.3) is 21.5 Å². The molecule has 0 radical (unpaired) electrons. The van der Waals surface area contributed by atoms with Crippen molar-refractivity contribution in [2.45, 2.75) is 6.92 Å². The van der Waals surface area contributed by atoms with Crippen molar-refractivity contribution >= 4 is 28.7 Å². The van der Waals surface area contributed by atoms with E-state index in [9.17, 15) is 0 Å². The minimum Gasteiger partial charge on any atom is -0.402 e. The Morgan fingerprint density at radius 3 is 3.06 bits per heavy atom. The molecule has 0 unspecified atom stereocenters. The van der Waals surface area contributed by atoms with E-state index in [2.05, 4.69) is 20.5 Å². The molecule has 0 saturated heterocycles. The zero-order valence-electron chi connectivity index (χ0n) is 9.58. The van der Waals surface area contributed by atoms with Crippen LogP contribution in [0.5, 0.6) is 0 Å². The van der Waals surface area contributed by atoms with Crippen LogP contribution in [0.2, 0.25) is 0 Å². The van der Waals surface area contributed by atoms with E-state index in [1.807, 2.05) is 29.8 Å². The molecule has 0 fully saturated rings. The van der Waals surface area contributed by atoms with Gasteiger partial charge in [-0.15, -0.1) is 27.8 Å². The van der Waals surface area contributed by atoms with Crippen molar-refractivity contribution in [3.05, 3.63) is 22.9 Å². The molecule has 3 aromatic rings. The predicted octanol–water partition coefficient (Wildman–Crippen LogP) is 3.35. The van der Waals surface area contributed by atoms with E-state index in [4.69, 9.17) is 4.42 Å². The van der Waals surface area contributed by atoms with Gasteiger partial charge in [-0.05, 0) is 18.4 Å². The Morgan fingerprint density at radius 2 is 2.28 bits per heavy atom. The summed E-state index contributed by atoms with van der Waals surface area (Å²) in [5, 5.41) is 15.8. The van der Waals surface area contributed by atoms with Crippen molar-refractivity contribution in [2.24, 2.45) is 0 Å². The molecule has 0 saturated carbocycles. The van der Waals surface area contributed by atoms with Gasteiger partial charge in [0.15, 0.2) is 0 Å². The van der Waals surface area contributed by atoms with E-state index < -0.39 is 0 Å². The summed E-state index contributed by atoms with van der Waals surface area (Å²) in [6, 6.07) is 4.49. The molecule has 0 atom stereocenters. The van der Waals surface area contributed by atoms with Crippen LogP contribution in [0.15, 0.2) is 27.3 Å². The Labute approximate surface area is 112 Å². The van der Waals surface area contributed by atoms with Crippen molar-refractivity contribution in [1.82, 2.24) is 15.2 Å². The summed E-state index contributed by atoms with van der Waals surface area (Å²) in [6.45, 7) is 2.72. The first-order chi connectivity index (χ1) is 8.86. The number of hydrogen-bond donors (Lipinski definition) is 1. The van der Waals surface area contributed by atoms with Crippen molar-refractivity contribution in [2.75, 3.05) is 11.9 Å². The summed E-state index contributed by atoms with van der Waals surface area (Å²) in [6.07, 6.45) is 0. The number of thiazole rings is 1. The fourth-order valence-electron chi connectivity index (χ4n) is 1.43. The molecule has 0 aromatic carbocycles. The molecular formula is C11H10N4OS2. The highest BCUT2D eigenvalue weighted by atomic mass is 32.1. The summed E-state index contributed by atoms with van der Waals surface area (Å²) < 4.78 is 5.46. The number of hydrogen-bond acceptors (Lipinski definition) is 7.